The van der Waals surface area contributed by atoms with Crippen molar-refractivity contribution < 1.29 is 4.74 Å². The van der Waals surface area contributed by atoms with Crippen molar-refractivity contribution in [2.75, 3.05) is 6.61 Å². The van der Waals surface area contributed by atoms with Crippen LogP contribution in [0.25, 0.3) is 0 Å². The Morgan fingerprint density at radius 3 is 2.67 bits per heavy atom. The summed E-state index contributed by atoms with van der Waals surface area (Å²) in [5.74, 6) is 0.930. The monoisotopic (exact) mass is 227 g/mol. The Balaban J connectivity index is 3.08. The number of hydrogen-bond donors (Lipinski definition) is 1. The topological polar surface area (TPSA) is 35.2 Å². The molecule has 1 aromatic rings. The minimum absolute atomic E-state index is 0.113. The zero-order chi connectivity index (χ0) is 11.4. The molecule has 15 heavy (non-hydrogen) atoms. The number of hydrogen-bond acceptors (Lipinski definition) is 2. The van der Waals surface area contributed by atoms with Gasteiger partial charge in [0.15, 0.2) is 0 Å². The summed E-state index contributed by atoms with van der Waals surface area (Å²) in [7, 11) is 0. The van der Waals surface area contributed by atoms with Gasteiger partial charge in [0.2, 0.25) is 0 Å². The van der Waals surface area contributed by atoms with Crippen LogP contribution >= 0.6 is 11.6 Å². The second-order valence-electron chi connectivity index (χ2n) is 3.83. The summed E-state index contributed by atoms with van der Waals surface area (Å²) in [4.78, 5) is 0. The molecule has 0 saturated carbocycles. The SMILES string of the molecule is CCOc1c(C)cc(Cl)cc1CC(C)N. The minimum atomic E-state index is 0.113. The summed E-state index contributed by atoms with van der Waals surface area (Å²) in [6, 6.07) is 3.96. The Bertz CT molecular complexity index is 337. The fraction of sp³-hybridized carbons (Fsp3) is 0.500. The summed E-state index contributed by atoms with van der Waals surface area (Å²) in [5, 5.41) is 0.742. The van der Waals surface area contributed by atoms with Crippen LogP contribution in [0.2, 0.25) is 5.02 Å². The molecule has 3 heteroatoms. The Kier molecular flexibility index (Phi) is 4.43. The largest absolute Gasteiger partial charge is 0.493 e. The predicted octanol–water partition coefficient (Wildman–Crippen LogP) is 2.94. The Morgan fingerprint density at radius 2 is 2.13 bits per heavy atom. The lowest BCUT2D eigenvalue weighted by atomic mass is 10.0. The molecule has 0 amide bonds. The maximum absolute atomic E-state index is 6.01. The second-order valence-corrected chi connectivity index (χ2v) is 4.26. The van der Waals surface area contributed by atoms with E-state index < -0.39 is 0 Å². The van der Waals surface area contributed by atoms with Crippen LogP contribution in [-0.4, -0.2) is 12.6 Å². The van der Waals surface area contributed by atoms with Crippen LogP contribution in [0.5, 0.6) is 5.75 Å². The van der Waals surface area contributed by atoms with E-state index in [2.05, 4.69) is 0 Å². The van der Waals surface area contributed by atoms with Gasteiger partial charge >= 0.3 is 0 Å². The average Bonchev–Trinajstić information content (AvgIpc) is 2.10. The van der Waals surface area contributed by atoms with Crippen molar-refractivity contribution in [3.05, 3.63) is 28.3 Å². The maximum Gasteiger partial charge on any atom is 0.125 e. The first-order valence-corrected chi connectivity index (χ1v) is 5.59. The lowest BCUT2D eigenvalue weighted by Gasteiger charge is -2.15. The molecule has 2 nitrogen and oxygen atoms in total. The molecule has 0 radical (unpaired) electrons. The van der Waals surface area contributed by atoms with Crippen LogP contribution in [0.15, 0.2) is 12.1 Å². The highest BCUT2D eigenvalue weighted by molar-refractivity contribution is 6.30. The van der Waals surface area contributed by atoms with Crippen LogP contribution < -0.4 is 10.5 Å². The average molecular weight is 228 g/mol. The van der Waals surface area contributed by atoms with E-state index in [-0.39, 0.29) is 6.04 Å². The molecule has 0 bridgehead atoms. The van der Waals surface area contributed by atoms with Gasteiger partial charge in [-0.25, -0.2) is 0 Å². The molecule has 0 fully saturated rings. The highest BCUT2D eigenvalue weighted by Crippen LogP contribution is 2.28. The van der Waals surface area contributed by atoms with E-state index in [1.54, 1.807) is 0 Å². The molecule has 0 heterocycles. The summed E-state index contributed by atoms with van der Waals surface area (Å²) in [6.45, 7) is 6.62. The van der Waals surface area contributed by atoms with Gasteiger partial charge < -0.3 is 10.5 Å². The molecular formula is C12H18ClNO. The zero-order valence-corrected chi connectivity index (χ0v) is 10.3. The van der Waals surface area contributed by atoms with E-state index in [9.17, 15) is 0 Å². The van der Waals surface area contributed by atoms with Gasteiger partial charge in [0.05, 0.1) is 6.61 Å². The molecule has 0 aliphatic heterocycles. The maximum atomic E-state index is 6.01. The quantitative estimate of drug-likeness (QED) is 0.859. The fourth-order valence-electron chi connectivity index (χ4n) is 1.65. The summed E-state index contributed by atoms with van der Waals surface area (Å²) in [5.41, 5.74) is 7.95. The van der Waals surface area contributed by atoms with E-state index >= 15 is 0 Å². The van der Waals surface area contributed by atoms with E-state index in [1.165, 1.54) is 0 Å². The first kappa shape index (κ1) is 12.3. The van der Waals surface area contributed by atoms with Gasteiger partial charge in [0.1, 0.15) is 5.75 Å². The molecule has 1 aromatic carbocycles. The van der Waals surface area contributed by atoms with Gasteiger partial charge in [-0.2, -0.15) is 0 Å². The predicted molar refractivity (Wildman–Crippen MR) is 64.7 cm³/mol. The smallest absolute Gasteiger partial charge is 0.125 e. The van der Waals surface area contributed by atoms with Crippen molar-refractivity contribution >= 4 is 11.6 Å². The van der Waals surface area contributed by atoms with Crippen molar-refractivity contribution in [2.24, 2.45) is 5.73 Å². The molecule has 0 aromatic heterocycles. The van der Waals surface area contributed by atoms with Crippen molar-refractivity contribution in [1.29, 1.82) is 0 Å². The summed E-state index contributed by atoms with van der Waals surface area (Å²) < 4.78 is 5.61. The molecule has 0 aliphatic rings. The summed E-state index contributed by atoms with van der Waals surface area (Å²) in [6.07, 6.45) is 0.788. The highest BCUT2D eigenvalue weighted by Gasteiger charge is 2.10. The lowest BCUT2D eigenvalue weighted by Crippen LogP contribution is -2.18. The van der Waals surface area contributed by atoms with Crippen LogP contribution in [0.1, 0.15) is 25.0 Å². The Hall–Kier alpha value is -0.730. The van der Waals surface area contributed by atoms with E-state index in [0.717, 1.165) is 28.3 Å². The number of halogens is 1. The first-order valence-electron chi connectivity index (χ1n) is 5.22. The Morgan fingerprint density at radius 1 is 1.47 bits per heavy atom. The van der Waals surface area contributed by atoms with E-state index in [0.29, 0.717) is 6.61 Å². The second kappa shape index (κ2) is 5.38. The molecule has 0 aliphatic carbocycles. The van der Waals surface area contributed by atoms with Gasteiger partial charge in [0.25, 0.3) is 0 Å². The lowest BCUT2D eigenvalue weighted by molar-refractivity contribution is 0.333. The van der Waals surface area contributed by atoms with Gasteiger partial charge in [-0.1, -0.05) is 11.6 Å². The molecule has 1 rings (SSSR count). The van der Waals surface area contributed by atoms with Gasteiger partial charge in [0, 0.05) is 11.1 Å². The van der Waals surface area contributed by atoms with E-state index in [4.69, 9.17) is 22.1 Å². The first-order chi connectivity index (χ1) is 7.04. The number of ether oxygens (including phenoxy) is 1. The van der Waals surface area contributed by atoms with Crippen LogP contribution in [0.4, 0.5) is 0 Å². The van der Waals surface area contributed by atoms with Gasteiger partial charge in [-0.3, -0.25) is 0 Å². The molecule has 0 saturated heterocycles. The van der Waals surface area contributed by atoms with Crippen LogP contribution in [0.3, 0.4) is 0 Å². The van der Waals surface area contributed by atoms with Crippen molar-refractivity contribution in [1.82, 2.24) is 0 Å². The molecule has 2 N–H and O–H groups in total. The molecule has 1 unspecified atom stereocenters. The summed E-state index contributed by atoms with van der Waals surface area (Å²) >= 11 is 6.01. The van der Waals surface area contributed by atoms with Crippen LogP contribution in [-0.2, 0) is 6.42 Å². The fourth-order valence-corrected chi connectivity index (χ4v) is 1.94. The third-order valence-electron chi connectivity index (χ3n) is 2.15. The molecule has 84 valence electrons. The minimum Gasteiger partial charge on any atom is -0.493 e. The van der Waals surface area contributed by atoms with Crippen molar-refractivity contribution in [3.8, 4) is 5.75 Å². The third kappa shape index (κ3) is 3.40. The molecular weight excluding hydrogens is 210 g/mol. The number of rotatable bonds is 4. The molecule has 0 spiro atoms. The Labute approximate surface area is 96.4 Å². The highest BCUT2D eigenvalue weighted by atomic mass is 35.5. The number of aryl methyl sites for hydroxylation is 1. The normalized spacial score (nSPS) is 12.6. The number of nitrogens with two attached hydrogens (primary N) is 1. The standard InChI is InChI=1S/C12H18ClNO/c1-4-15-12-8(2)5-11(13)7-10(12)6-9(3)14/h5,7,9H,4,6,14H2,1-3H3. The van der Waals surface area contributed by atoms with Crippen molar-refractivity contribution in [2.45, 2.75) is 33.2 Å². The van der Waals surface area contributed by atoms with E-state index in [1.807, 2.05) is 32.9 Å². The third-order valence-corrected chi connectivity index (χ3v) is 2.37. The zero-order valence-electron chi connectivity index (χ0n) is 9.51. The molecule has 1 atom stereocenters. The van der Waals surface area contributed by atoms with Gasteiger partial charge in [-0.15, -0.1) is 0 Å². The van der Waals surface area contributed by atoms with Crippen molar-refractivity contribution in [3.63, 3.8) is 0 Å². The number of benzene rings is 1. The van der Waals surface area contributed by atoms with Crippen LogP contribution in [0, 0.1) is 6.92 Å². The van der Waals surface area contributed by atoms with Gasteiger partial charge in [-0.05, 0) is 50.5 Å².